The maximum absolute atomic E-state index is 11.7. The first-order chi connectivity index (χ1) is 7.81. The highest BCUT2D eigenvalue weighted by Gasteiger charge is 2.16. The number of nitriles is 1. The third kappa shape index (κ3) is 2.57. The molecule has 1 aliphatic heterocycles. The molecule has 2 rings (SSSR count). The molecule has 5 heteroatoms. The summed E-state index contributed by atoms with van der Waals surface area (Å²) in [4.78, 5) is 13.9. The monoisotopic (exact) mass is 252 g/mol. The molecule has 0 spiro atoms. The maximum Gasteiger partial charge on any atom is 0.261 e. The summed E-state index contributed by atoms with van der Waals surface area (Å²) < 4.78 is 0. The van der Waals surface area contributed by atoms with E-state index in [2.05, 4.69) is 5.32 Å². The Kier molecular flexibility index (Phi) is 3.86. The Morgan fingerprint density at radius 2 is 2.50 bits per heavy atom. The Balaban J connectivity index is 2.01. The van der Waals surface area contributed by atoms with Crippen LogP contribution in [0.4, 0.5) is 0 Å². The van der Waals surface area contributed by atoms with E-state index in [-0.39, 0.29) is 5.91 Å². The highest BCUT2D eigenvalue weighted by molar-refractivity contribution is 7.98. The first kappa shape index (κ1) is 11.5. The largest absolute Gasteiger partial charge is 0.350 e. The fraction of sp³-hybridized carbons (Fsp3) is 0.455. The molecule has 0 bridgehead atoms. The number of hydrogen-bond acceptors (Lipinski definition) is 4. The lowest BCUT2D eigenvalue weighted by molar-refractivity contribution is 0.0958. The van der Waals surface area contributed by atoms with Crippen LogP contribution in [0.1, 0.15) is 26.5 Å². The summed E-state index contributed by atoms with van der Waals surface area (Å²) >= 11 is 3.51. The van der Waals surface area contributed by atoms with Gasteiger partial charge in [0.05, 0.1) is 17.4 Å². The molecule has 0 saturated carbocycles. The number of nitrogens with one attached hydrogen (secondary N) is 1. The van der Waals surface area contributed by atoms with Crippen molar-refractivity contribution >= 4 is 29.0 Å². The summed E-state index contributed by atoms with van der Waals surface area (Å²) in [5.41, 5.74) is 1.31. The molecule has 84 valence electrons. The van der Waals surface area contributed by atoms with Crippen LogP contribution in [0.5, 0.6) is 0 Å². The zero-order valence-electron chi connectivity index (χ0n) is 8.78. The van der Waals surface area contributed by atoms with Gasteiger partial charge in [0.1, 0.15) is 0 Å². The third-order valence-electron chi connectivity index (χ3n) is 2.37. The molecular formula is C11H12N2OS2. The summed E-state index contributed by atoms with van der Waals surface area (Å²) in [5, 5.41) is 11.1. The van der Waals surface area contributed by atoms with E-state index < -0.39 is 0 Å². The predicted molar refractivity (Wildman–Crippen MR) is 66.7 cm³/mol. The molecule has 1 aliphatic rings. The highest BCUT2D eigenvalue weighted by Crippen LogP contribution is 2.31. The Morgan fingerprint density at radius 3 is 3.25 bits per heavy atom. The van der Waals surface area contributed by atoms with Crippen molar-refractivity contribution in [3.8, 4) is 6.07 Å². The molecule has 1 aromatic heterocycles. The number of nitrogens with zero attached hydrogens (tertiary/aromatic N) is 1. The van der Waals surface area contributed by atoms with Crippen LogP contribution in [0.15, 0.2) is 6.07 Å². The number of hydrogen-bond donors (Lipinski definition) is 1. The molecule has 3 nitrogen and oxygen atoms in total. The number of fused-ring (bicyclic) bond motifs is 1. The van der Waals surface area contributed by atoms with Crippen molar-refractivity contribution in [3.05, 3.63) is 21.4 Å². The summed E-state index contributed by atoms with van der Waals surface area (Å²) in [6.07, 6.45) is 1.45. The lowest BCUT2D eigenvalue weighted by atomic mass is 10.2. The molecule has 1 amide bonds. The van der Waals surface area contributed by atoms with Crippen molar-refractivity contribution in [1.29, 1.82) is 5.26 Å². The zero-order chi connectivity index (χ0) is 11.4. The van der Waals surface area contributed by atoms with Crippen LogP contribution >= 0.6 is 23.1 Å². The van der Waals surface area contributed by atoms with E-state index in [4.69, 9.17) is 5.26 Å². The van der Waals surface area contributed by atoms with Gasteiger partial charge in [-0.15, -0.1) is 11.3 Å². The van der Waals surface area contributed by atoms with Crippen LogP contribution in [0, 0.1) is 11.3 Å². The van der Waals surface area contributed by atoms with Crippen LogP contribution in [0.25, 0.3) is 0 Å². The van der Waals surface area contributed by atoms with Gasteiger partial charge in [-0.05, 0) is 23.8 Å². The molecule has 0 radical (unpaired) electrons. The van der Waals surface area contributed by atoms with Crippen molar-refractivity contribution in [2.24, 2.45) is 0 Å². The van der Waals surface area contributed by atoms with E-state index >= 15 is 0 Å². The minimum atomic E-state index is -0.0420. The lowest BCUT2D eigenvalue weighted by Gasteiger charge is -2.08. The zero-order valence-corrected chi connectivity index (χ0v) is 10.4. The molecule has 0 atom stereocenters. The number of thiophene rings is 1. The van der Waals surface area contributed by atoms with Crippen LogP contribution in [0.2, 0.25) is 0 Å². The summed E-state index contributed by atoms with van der Waals surface area (Å²) in [6, 6.07) is 4.00. The summed E-state index contributed by atoms with van der Waals surface area (Å²) in [5.74, 6) is 2.14. The van der Waals surface area contributed by atoms with Gasteiger partial charge in [-0.25, -0.2) is 0 Å². The predicted octanol–water partition coefficient (Wildman–Crippen LogP) is 2.18. The molecule has 0 saturated heterocycles. The quantitative estimate of drug-likeness (QED) is 0.839. The van der Waals surface area contributed by atoms with Gasteiger partial charge in [0.15, 0.2) is 0 Å². The molecule has 0 aliphatic carbocycles. The average Bonchev–Trinajstić information content (AvgIpc) is 2.73. The topological polar surface area (TPSA) is 52.9 Å². The van der Waals surface area contributed by atoms with Crippen LogP contribution < -0.4 is 5.32 Å². The Morgan fingerprint density at radius 1 is 1.62 bits per heavy atom. The van der Waals surface area contributed by atoms with Crippen molar-refractivity contribution in [1.82, 2.24) is 5.32 Å². The van der Waals surface area contributed by atoms with E-state index in [9.17, 15) is 4.79 Å². The second-order valence-electron chi connectivity index (χ2n) is 3.53. The molecule has 2 heterocycles. The van der Waals surface area contributed by atoms with E-state index in [0.717, 1.165) is 22.8 Å². The number of amides is 1. The lowest BCUT2D eigenvalue weighted by Crippen LogP contribution is -2.23. The standard InChI is InChI=1S/C11H12N2OS2/c12-3-1-4-13-11(14)10-6-8-7-15-5-2-9(8)16-10/h6H,1-2,4-5,7H2,(H,13,14). The van der Waals surface area contributed by atoms with E-state index in [1.165, 1.54) is 10.4 Å². The van der Waals surface area contributed by atoms with Gasteiger partial charge >= 0.3 is 0 Å². The second kappa shape index (κ2) is 5.37. The number of aryl methyl sites for hydroxylation is 1. The van der Waals surface area contributed by atoms with Crippen molar-refractivity contribution in [2.45, 2.75) is 18.6 Å². The average molecular weight is 252 g/mol. The SMILES string of the molecule is N#CCCNC(=O)c1cc2c(s1)CCSC2. The van der Waals surface area contributed by atoms with Crippen molar-refractivity contribution < 1.29 is 4.79 Å². The van der Waals surface area contributed by atoms with Gasteiger partial charge in [0.2, 0.25) is 0 Å². The Hall–Kier alpha value is -0.990. The summed E-state index contributed by atoms with van der Waals surface area (Å²) in [6.45, 7) is 0.437. The van der Waals surface area contributed by atoms with Gasteiger partial charge in [-0.1, -0.05) is 0 Å². The Bertz CT molecular complexity index is 410. The van der Waals surface area contributed by atoms with Gasteiger partial charge in [0.25, 0.3) is 5.91 Å². The number of rotatable bonds is 3. The van der Waals surface area contributed by atoms with Gasteiger partial charge < -0.3 is 5.32 Å². The van der Waals surface area contributed by atoms with Crippen LogP contribution in [-0.2, 0) is 12.2 Å². The molecule has 1 N–H and O–H groups in total. The minimum Gasteiger partial charge on any atom is -0.350 e. The normalized spacial score (nSPS) is 13.9. The fourth-order valence-corrected chi connectivity index (χ4v) is 3.87. The third-order valence-corrected chi connectivity index (χ3v) is 4.62. The molecule has 16 heavy (non-hydrogen) atoms. The van der Waals surface area contributed by atoms with Crippen LogP contribution in [-0.4, -0.2) is 18.2 Å². The first-order valence-corrected chi connectivity index (χ1v) is 7.13. The minimum absolute atomic E-state index is 0.0420. The molecule has 0 unspecified atom stereocenters. The molecule has 1 aromatic rings. The maximum atomic E-state index is 11.7. The van der Waals surface area contributed by atoms with Crippen molar-refractivity contribution in [2.75, 3.05) is 12.3 Å². The van der Waals surface area contributed by atoms with Crippen LogP contribution in [0.3, 0.4) is 0 Å². The molecule has 0 fully saturated rings. The number of thioether (sulfide) groups is 1. The smallest absolute Gasteiger partial charge is 0.261 e. The number of carbonyl (C=O) groups excluding carboxylic acids is 1. The van der Waals surface area contributed by atoms with E-state index in [1.807, 2.05) is 23.9 Å². The fourth-order valence-electron chi connectivity index (χ4n) is 1.58. The second-order valence-corrected chi connectivity index (χ2v) is 5.77. The van der Waals surface area contributed by atoms with E-state index in [1.54, 1.807) is 11.3 Å². The van der Waals surface area contributed by atoms with Gasteiger partial charge in [0, 0.05) is 17.2 Å². The first-order valence-electron chi connectivity index (χ1n) is 5.15. The molecule has 0 aromatic carbocycles. The molecular weight excluding hydrogens is 240 g/mol. The highest BCUT2D eigenvalue weighted by atomic mass is 32.2. The van der Waals surface area contributed by atoms with Gasteiger partial charge in [-0.2, -0.15) is 17.0 Å². The van der Waals surface area contributed by atoms with Crippen molar-refractivity contribution in [3.63, 3.8) is 0 Å². The van der Waals surface area contributed by atoms with Gasteiger partial charge in [-0.3, -0.25) is 4.79 Å². The number of carbonyl (C=O) groups is 1. The Labute approximate surface area is 103 Å². The van der Waals surface area contributed by atoms with E-state index in [0.29, 0.717) is 13.0 Å². The summed E-state index contributed by atoms with van der Waals surface area (Å²) in [7, 11) is 0.